The highest BCUT2D eigenvalue weighted by atomic mass is 32.1. The highest BCUT2D eigenvalue weighted by Gasteiger charge is 2.20. The fourth-order valence-corrected chi connectivity index (χ4v) is 5.17. The van der Waals surface area contributed by atoms with Crippen LogP contribution in [0.15, 0.2) is 11.0 Å². The van der Waals surface area contributed by atoms with Gasteiger partial charge in [-0.2, -0.15) is 0 Å². The number of aromatic amines is 1. The molecule has 27 heavy (non-hydrogen) atoms. The Bertz CT molecular complexity index is 1100. The van der Waals surface area contributed by atoms with Gasteiger partial charge in [-0.25, -0.2) is 9.97 Å². The van der Waals surface area contributed by atoms with Crippen LogP contribution in [-0.4, -0.2) is 26.8 Å². The summed E-state index contributed by atoms with van der Waals surface area (Å²) in [7, 11) is 0. The predicted molar refractivity (Wildman–Crippen MR) is 104 cm³/mol. The largest absolute Gasteiger partial charge is 0.364 e. The molecule has 0 atom stereocenters. The number of rotatable bonds is 5. The van der Waals surface area contributed by atoms with Crippen molar-refractivity contribution in [2.45, 2.75) is 38.5 Å². The van der Waals surface area contributed by atoms with Gasteiger partial charge in [0.05, 0.1) is 11.6 Å². The molecule has 1 aliphatic rings. The van der Waals surface area contributed by atoms with Crippen molar-refractivity contribution < 1.29 is 9.59 Å². The lowest BCUT2D eigenvalue weighted by Gasteiger charge is -2.09. The zero-order chi connectivity index (χ0) is 19.0. The molecule has 4 N–H and O–H groups in total. The van der Waals surface area contributed by atoms with Crippen LogP contribution in [0.1, 0.15) is 45.3 Å². The van der Waals surface area contributed by atoms with Gasteiger partial charge in [0.1, 0.15) is 15.7 Å². The van der Waals surface area contributed by atoms with E-state index in [9.17, 15) is 14.4 Å². The van der Waals surface area contributed by atoms with Crippen LogP contribution in [0.5, 0.6) is 0 Å². The second-order valence-electron chi connectivity index (χ2n) is 6.35. The van der Waals surface area contributed by atoms with Gasteiger partial charge in [-0.15, -0.1) is 11.3 Å². The number of thiazole rings is 1. The Hall–Kier alpha value is -2.59. The Labute approximate surface area is 161 Å². The molecule has 3 aromatic heterocycles. The van der Waals surface area contributed by atoms with Gasteiger partial charge in [-0.05, 0) is 31.2 Å². The van der Waals surface area contributed by atoms with Gasteiger partial charge in [0, 0.05) is 17.7 Å². The van der Waals surface area contributed by atoms with Gasteiger partial charge < -0.3 is 16.0 Å². The van der Waals surface area contributed by atoms with E-state index in [1.807, 2.05) is 0 Å². The molecule has 3 aromatic rings. The number of aromatic nitrogens is 3. The maximum atomic E-state index is 12.5. The van der Waals surface area contributed by atoms with E-state index < -0.39 is 5.91 Å². The standard InChI is InChI=1S/C17H17N5O3S2/c18-14(24)17-19-7-12(27-17)22-11(23)6-5-10-20-15(25)13-8-3-1-2-4-9(8)26-16(13)21-10/h7H,1-6H2,(H2,18,24)(H,22,23)(H,20,21,25). The topological polar surface area (TPSA) is 131 Å². The Morgan fingerprint density at radius 3 is 2.85 bits per heavy atom. The van der Waals surface area contributed by atoms with Crippen LogP contribution in [-0.2, 0) is 24.1 Å². The Kier molecular flexibility index (Phi) is 4.75. The fourth-order valence-electron chi connectivity index (χ4n) is 3.20. The third-order valence-electron chi connectivity index (χ3n) is 4.44. The first-order valence-corrected chi connectivity index (χ1v) is 10.2. The number of hydrogen-bond donors (Lipinski definition) is 3. The summed E-state index contributed by atoms with van der Waals surface area (Å²) in [6, 6.07) is 0. The van der Waals surface area contributed by atoms with E-state index >= 15 is 0 Å². The lowest BCUT2D eigenvalue weighted by molar-refractivity contribution is -0.116. The smallest absolute Gasteiger partial charge is 0.277 e. The molecular formula is C17H17N5O3S2. The molecule has 140 valence electrons. The van der Waals surface area contributed by atoms with Gasteiger partial charge >= 0.3 is 0 Å². The van der Waals surface area contributed by atoms with Crippen LogP contribution in [0.4, 0.5) is 5.00 Å². The molecule has 2 amide bonds. The van der Waals surface area contributed by atoms with Gasteiger partial charge in [-0.3, -0.25) is 14.4 Å². The summed E-state index contributed by atoms with van der Waals surface area (Å²) in [5.41, 5.74) is 6.17. The van der Waals surface area contributed by atoms with Crippen molar-refractivity contribution in [1.29, 1.82) is 0 Å². The fraction of sp³-hybridized carbons (Fsp3) is 0.353. The molecule has 0 unspecified atom stereocenters. The summed E-state index contributed by atoms with van der Waals surface area (Å²) in [5.74, 6) is -0.375. The van der Waals surface area contributed by atoms with E-state index in [-0.39, 0.29) is 22.9 Å². The molecule has 10 heteroatoms. The van der Waals surface area contributed by atoms with E-state index in [0.717, 1.165) is 47.4 Å². The molecule has 0 fully saturated rings. The van der Waals surface area contributed by atoms with Crippen molar-refractivity contribution in [3.63, 3.8) is 0 Å². The summed E-state index contributed by atoms with van der Waals surface area (Å²) in [6.45, 7) is 0. The summed E-state index contributed by atoms with van der Waals surface area (Å²) in [5, 5.41) is 3.98. The van der Waals surface area contributed by atoms with Crippen molar-refractivity contribution in [2.75, 3.05) is 5.32 Å². The molecule has 8 nitrogen and oxygen atoms in total. The zero-order valence-corrected chi connectivity index (χ0v) is 16.0. The summed E-state index contributed by atoms with van der Waals surface area (Å²) < 4.78 is 0. The molecule has 3 heterocycles. The molecule has 0 spiro atoms. The Morgan fingerprint density at radius 2 is 2.07 bits per heavy atom. The predicted octanol–water partition coefficient (Wildman–Crippen LogP) is 1.99. The Balaban J connectivity index is 1.46. The van der Waals surface area contributed by atoms with Crippen LogP contribution in [0.3, 0.4) is 0 Å². The second kappa shape index (κ2) is 7.20. The minimum Gasteiger partial charge on any atom is -0.364 e. The van der Waals surface area contributed by atoms with E-state index in [4.69, 9.17) is 5.73 Å². The van der Waals surface area contributed by atoms with Crippen LogP contribution in [0, 0.1) is 0 Å². The van der Waals surface area contributed by atoms with Crippen LogP contribution >= 0.6 is 22.7 Å². The summed E-state index contributed by atoms with van der Waals surface area (Å²) in [6.07, 6.45) is 6.07. The van der Waals surface area contributed by atoms with Gasteiger partial charge in [0.25, 0.3) is 11.5 Å². The Morgan fingerprint density at radius 1 is 1.26 bits per heavy atom. The maximum Gasteiger partial charge on any atom is 0.277 e. The van der Waals surface area contributed by atoms with Gasteiger partial charge in [-0.1, -0.05) is 11.3 Å². The first-order valence-electron chi connectivity index (χ1n) is 8.60. The third-order valence-corrected chi connectivity index (χ3v) is 6.56. The van der Waals surface area contributed by atoms with Crippen molar-refractivity contribution in [3.8, 4) is 0 Å². The van der Waals surface area contributed by atoms with Crippen LogP contribution < -0.4 is 16.6 Å². The van der Waals surface area contributed by atoms with Crippen molar-refractivity contribution in [3.05, 3.63) is 37.8 Å². The number of carbonyl (C=O) groups excluding carboxylic acids is 2. The van der Waals surface area contributed by atoms with Crippen molar-refractivity contribution in [1.82, 2.24) is 15.0 Å². The third kappa shape index (κ3) is 3.62. The monoisotopic (exact) mass is 403 g/mol. The van der Waals surface area contributed by atoms with E-state index in [1.165, 1.54) is 11.1 Å². The number of nitrogens with one attached hydrogen (secondary N) is 2. The lowest BCUT2D eigenvalue weighted by atomic mass is 9.97. The molecule has 4 rings (SSSR count). The summed E-state index contributed by atoms with van der Waals surface area (Å²) >= 11 is 2.61. The minimum atomic E-state index is -0.630. The van der Waals surface area contributed by atoms with Crippen molar-refractivity contribution >= 4 is 49.7 Å². The minimum absolute atomic E-state index is 0.122. The van der Waals surface area contributed by atoms with E-state index in [1.54, 1.807) is 11.3 Å². The summed E-state index contributed by atoms with van der Waals surface area (Å²) in [4.78, 5) is 48.9. The van der Waals surface area contributed by atoms with Gasteiger partial charge in [0.15, 0.2) is 5.01 Å². The number of fused-ring (bicyclic) bond motifs is 3. The van der Waals surface area contributed by atoms with Crippen molar-refractivity contribution in [2.24, 2.45) is 5.73 Å². The maximum absolute atomic E-state index is 12.5. The number of amides is 2. The number of nitrogens with two attached hydrogens (primary N) is 1. The van der Waals surface area contributed by atoms with Crippen LogP contribution in [0.25, 0.3) is 10.2 Å². The molecule has 0 bridgehead atoms. The number of H-pyrrole nitrogens is 1. The number of carbonyl (C=O) groups is 2. The quantitative estimate of drug-likeness (QED) is 0.599. The first-order chi connectivity index (χ1) is 13.0. The molecular weight excluding hydrogens is 386 g/mol. The molecule has 0 aromatic carbocycles. The number of thiophene rings is 1. The SMILES string of the molecule is NC(=O)c1ncc(NC(=O)CCc2nc3sc4c(c3c(=O)[nH]2)CCCC4)s1. The highest BCUT2D eigenvalue weighted by Crippen LogP contribution is 2.33. The lowest BCUT2D eigenvalue weighted by Crippen LogP contribution is -2.16. The zero-order valence-electron chi connectivity index (χ0n) is 14.3. The second-order valence-corrected chi connectivity index (χ2v) is 8.46. The molecule has 1 aliphatic carbocycles. The number of primary amides is 1. The highest BCUT2D eigenvalue weighted by molar-refractivity contribution is 7.18. The number of aryl methyl sites for hydroxylation is 3. The molecule has 0 aliphatic heterocycles. The van der Waals surface area contributed by atoms with E-state index in [2.05, 4.69) is 20.3 Å². The van der Waals surface area contributed by atoms with Crippen LogP contribution in [0.2, 0.25) is 0 Å². The first kappa shape index (κ1) is 17.8. The molecule has 0 saturated carbocycles. The number of hydrogen-bond acceptors (Lipinski definition) is 7. The molecule has 0 radical (unpaired) electrons. The number of anilines is 1. The average molecular weight is 403 g/mol. The van der Waals surface area contributed by atoms with E-state index in [0.29, 0.717) is 22.6 Å². The van der Waals surface area contributed by atoms with Gasteiger partial charge in [0.2, 0.25) is 5.91 Å². The molecule has 0 saturated heterocycles. The number of nitrogens with zero attached hydrogens (tertiary/aromatic N) is 2. The normalized spacial score (nSPS) is 13.5. The average Bonchev–Trinajstić information content (AvgIpc) is 3.24.